The molecular weight excluding hydrogens is 330 g/mol. The van der Waals surface area contributed by atoms with Gasteiger partial charge in [-0.05, 0) is 37.1 Å². The van der Waals surface area contributed by atoms with Crippen LogP contribution in [-0.4, -0.2) is 18.7 Å². The molecule has 1 aromatic carbocycles. The van der Waals surface area contributed by atoms with E-state index in [-0.39, 0.29) is 11.7 Å². The highest BCUT2D eigenvalue weighted by Crippen LogP contribution is 2.39. The number of hydrogen-bond acceptors (Lipinski definition) is 3. The van der Waals surface area contributed by atoms with Gasteiger partial charge in [0, 0.05) is 22.9 Å². The highest BCUT2D eigenvalue weighted by atomic mass is 79.9. The summed E-state index contributed by atoms with van der Waals surface area (Å²) in [6.45, 7) is 1.82. The summed E-state index contributed by atoms with van der Waals surface area (Å²) in [6, 6.07) is 8.23. The van der Waals surface area contributed by atoms with Gasteiger partial charge in [0.05, 0.1) is 5.60 Å². The normalized spacial score (nSPS) is 25.5. The molecule has 1 atom stereocenters. The van der Waals surface area contributed by atoms with Crippen molar-refractivity contribution in [1.82, 2.24) is 5.32 Å². The number of benzene rings is 1. The molecule has 3 nitrogen and oxygen atoms in total. The Hall–Kier alpha value is -0.840. The SMILES string of the molecule is Brc1ccc2oc(C3CNCC4(CCCCC4)O3)cc2c1. The Morgan fingerprint density at radius 3 is 2.86 bits per heavy atom. The van der Waals surface area contributed by atoms with E-state index < -0.39 is 0 Å². The van der Waals surface area contributed by atoms with Crippen LogP contribution in [0.15, 0.2) is 33.2 Å². The predicted molar refractivity (Wildman–Crippen MR) is 86.4 cm³/mol. The second-order valence-electron chi connectivity index (χ2n) is 6.31. The summed E-state index contributed by atoms with van der Waals surface area (Å²) in [4.78, 5) is 0. The van der Waals surface area contributed by atoms with Crippen molar-refractivity contribution >= 4 is 26.9 Å². The molecule has 2 fully saturated rings. The fraction of sp³-hybridized carbons (Fsp3) is 0.529. The molecule has 21 heavy (non-hydrogen) atoms. The number of furan rings is 1. The van der Waals surface area contributed by atoms with E-state index in [0.717, 1.165) is 34.3 Å². The van der Waals surface area contributed by atoms with Gasteiger partial charge in [0.2, 0.25) is 0 Å². The summed E-state index contributed by atoms with van der Waals surface area (Å²) < 4.78 is 13.6. The third-order valence-electron chi connectivity index (χ3n) is 4.75. The summed E-state index contributed by atoms with van der Waals surface area (Å²) >= 11 is 3.51. The van der Waals surface area contributed by atoms with Crippen molar-refractivity contribution < 1.29 is 9.15 Å². The highest BCUT2D eigenvalue weighted by molar-refractivity contribution is 9.10. The monoisotopic (exact) mass is 349 g/mol. The summed E-state index contributed by atoms with van der Waals surface area (Å²) in [6.07, 6.45) is 6.27. The molecule has 4 rings (SSSR count). The molecule has 0 bridgehead atoms. The summed E-state index contributed by atoms with van der Waals surface area (Å²) in [5.41, 5.74) is 0.959. The number of hydrogen-bond donors (Lipinski definition) is 1. The Balaban J connectivity index is 1.61. The molecule has 4 heteroatoms. The molecule has 1 N–H and O–H groups in total. The number of halogens is 1. The van der Waals surface area contributed by atoms with Gasteiger partial charge in [-0.3, -0.25) is 0 Å². The Labute approximate surface area is 133 Å². The zero-order chi connectivity index (χ0) is 14.3. The van der Waals surface area contributed by atoms with Crippen LogP contribution in [0.3, 0.4) is 0 Å². The number of morpholine rings is 1. The lowest BCUT2D eigenvalue weighted by atomic mass is 9.83. The fourth-order valence-corrected chi connectivity index (χ4v) is 4.04. The second-order valence-corrected chi connectivity index (χ2v) is 7.23. The van der Waals surface area contributed by atoms with Crippen molar-refractivity contribution in [3.05, 3.63) is 34.5 Å². The Kier molecular flexibility index (Phi) is 3.56. The molecular formula is C17H20BrNO2. The topological polar surface area (TPSA) is 34.4 Å². The molecule has 0 amide bonds. The smallest absolute Gasteiger partial charge is 0.135 e. The molecule has 2 heterocycles. The van der Waals surface area contributed by atoms with E-state index in [0.29, 0.717) is 0 Å². The van der Waals surface area contributed by atoms with Crippen molar-refractivity contribution in [3.63, 3.8) is 0 Å². The minimum absolute atomic E-state index is 0.0285. The lowest BCUT2D eigenvalue weighted by molar-refractivity contribution is -0.141. The maximum atomic E-state index is 6.49. The van der Waals surface area contributed by atoms with Gasteiger partial charge in [-0.25, -0.2) is 0 Å². The summed E-state index contributed by atoms with van der Waals surface area (Å²) in [5, 5.41) is 4.69. The first-order valence-electron chi connectivity index (χ1n) is 7.82. The van der Waals surface area contributed by atoms with E-state index in [4.69, 9.17) is 9.15 Å². The number of rotatable bonds is 1. The van der Waals surface area contributed by atoms with Crippen LogP contribution in [0, 0.1) is 0 Å². The summed E-state index contributed by atoms with van der Waals surface area (Å²) in [7, 11) is 0. The fourth-order valence-electron chi connectivity index (χ4n) is 3.66. The van der Waals surface area contributed by atoms with Crippen LogP contribution in [0.4, 0.5) is 0 Å². The first-order chi connectivity index (χ1) is 10.2. The van der Waals surface area contributed by atoms with Crippen LogP contribution in [0.2, 0.25) is 0 Å². The Morgan fingerprint density at radius 2 is 2.00 bits per heavy atom. The molecule has 1 saturated heterocycles. The second kappa shape index (κ2) is 5.41. The summed E-state index contributed by atoms with van der Waals surface area (Å²) in [5.74, 6) is 0.945. The van der Waals surface area contributed by atoms with E-state index >= 15 is 0 Å². The van der Waals surface area contributed by atoms with Crippen LogP contribution in [0.25, 0.3) is 11.0 Å². The molecule has 2 aliphatic rings. The van der Waals surface area contributed by atoms with Gasteiger partial charge in [-0.1, -0.05) is 35.2 Å². The number of ether oxygens (including phenoxy) is 1. The molecule has 112 valence electrons. The molecule has 1 saturated carbocycles. The van der Waals surface area contributed by atoms with Crippen LogP contribution >= 0.6 is 15.9 Å². The molecule has 1 spiro atoms. The Morgan fingerprint density at radius 1 is 1.14 bits per heavy atom. The third-order valence-corrected chi connectivity index (χ3v) is 5.24. The largest absolute Gasteiger partial charge is 0.458 e. The van der Waals surface area contributed by atoms with Crippen molar-refractivity contribution in [2.24, 2.45) is 0 Å². The van der Waals surface area contributed by atoms with E-state index in [9.17, 15) is 0 Å². The maximum Gasteiger partial charge on any atom is 0.135 e. The maximum absolute atomic E-state index is 6.49. The lowest BCUT2D eigenvalue weighted by Gasteiger charge is -2.43. The van der Waals surface area contributed by atoms with Gasteiger partial charge in [0.1, 0.15) is 17.4 Å². The zero-order valence-corrected chi connectivity index (χ0v) is 13.6. The van der Waals surface area contributed by atoms with Crippen LogP contribution < -0.4 is 5.32 Å². The standard InChI is InChI=1S/C17H20BrNO2/c18-13-4-5-14-12(8-13)9-15(20-14)16-10-19-11-17(21-16)6-2-1-3-7-17/h4-5,8-9,16,19H,1-3,6-7,10-11H2. The van der Waals surface area contributed by atoms with Crippen molar-refractivity contribution in [2.75, 3.05) is 13.1 Å². The predicted octanol–water partition coefficient (Wildman–Crippen LogP) is 4.56. The third kappa shape index (κ3) is 2.65. The quantitative estimate of drug-likeness (QED) is 0.819. The number of nitrogens with one attached hydrogen (secondary N) is 1. The highest BCUT2D eigenvalue weighted by Gasteiger charge is 2.39. The number of fused-ring (bicyclic) bond motifs is 1. The van der Waals surface area contributed by atoms with Gasteiger partial charge in [0.15, 0.2) is 0 Å². The first kappa shape index (κ1) is 13.8. The molecule has 1 aliphatic heterocycles. The van der Waals surface area contributed by atoms with Crippen molar-refractivity contribution in [1.29, 1.82) is 0 Å². The minimum Gasteiger partial charge on any atom is -0.458 e. The molecule has 0 radical (unpaired) electrons. The van der Waals surface area contributed by atoms with E-state index in [2.05, 4.69) is 33.4 Å². The molecule has 1 aliphatic carbocycles. The van der Waals surface area contributed by atoms with Gasteiger partial charge < -0.3 is 14.5 Å². The van der Waals surface area contributed by atoms with E-state index in [1.165, 1.54) is 32.1 Å². The van der Waals surface area contributed by atoms with Gasteiger partial charge in [0.25, 0.3) is 0 Å². The minimum atomic E-state index is 0.0285. The van der Waals surface area contributed by atoms with Crippen molar-refractivity contribution in [2.45, 2.75) is 43.8 Å². The average Bonchev–Trinajstić information content (AvgIpc) is 2.91. The van der Waals surface area contributed by atoms with Crippen LogP contribution in [-0.2, 0) is 4.74 Å². The van der Waals surface area contributed by atoms with Crippen LogP contribution in [0.5, 0.6) is 0 Å². The van der Waals surface area contributed by atoms with Gasteiger partial charge >= 0.3 is 0 Å². The zero-order valence-electron chi connectivity index (χ0n) is 12.0. The van der Waals surface area contributed by atoms with Crippen molar-refractivity contribution in [3.8, 4) is 0 Å². The molecule has 1 aromatic heterocycles. The average molecular weight is 350 g/mol. The first-order valence-corrected chi connectivity index (χ1v) is 8.61. The van der Waals surface area contributed by atoms with Crippen LogP contribution in [0.1, 0.15) is 44.0 Å². The van der Waals surface area contributed by atoms with Gasteiger partial charge in [-0.2, -0.15) is 0 Å². The van der Waals surface area contributed by atoms with E-state index in [1.54, 1.807) is 0 Å². The molecule has 2 aromatic rings. The van der Waals surface area contributed by atoms with Gasteiger partial charge in [-0.15, -0.1) is 0 Å². The molecule has 1 unspecified atom stereocenters. The Bertz CT molecular complexity index is 640. The lowest BCUT2D eigenvalue weighted by Crippen LogP contribution is -2.51. The van der Waals surface area contributed by atoms with E-state index in [1.807, 2.05) is 12.1 Å².